The molecule has 4 nitrogen and oxygen atoms in total. The van der Waals surface area contributed by atoms with E-state index in [1.54, 1.807) is 0 Å². The average Bonchev–Trinajstić information content (AvgIpc) is 2.53. The minimum Gasteiger partial charge on any atom is -0.386 e. The lowest BCUT2D eigenvalue weighted by Crippen LogP contribution is -2.22. The maximum atomic E-state index is 12.3. The van der Waals surface area contributed by atoms with E-state index in [2.05, 4.69) is 21.0 Å². The molecule has 18 heavy (non-hydrogen) atoms. The standard InChI is InChI=1S/C10H15BrF3N3O/c1-16(2)3-4-17-9(7(11)6-15-17)8(18)5-10(12,13)14/h6,8,18H,3-5H2,1-2H3. The minimum atomic E-state index is -4.41. The van der Waals surface area contributed by atoms with Crippen LogP contribution in [-0.2, 0) is 6.54 Å². The van der Waals surface area contributed by atoms with Gasteiger partial charge in [0.05, 0.1) is 29.3 Å². The Bertz CT molecular complexity index is 392. The van der Waals surface area contributed by atoms with Gasteiger partial charge >= 0.3 is 6.18 Å². The first-order chi connectivity index (χ1) is 8.20. The van der Waals surface area contributed by atoms with Crippen LogP contribution in [0.4, 0.5) is 13.2 Å². The Hall–Kier alpha value is -0.600. The van der Waals surface area contributed by atoms with E-state index in [4.69, 9.17) is 0 Å². The maximum Gasteiger partial charge on any atom is 0.391 e. The predicted octanol–water partition coefficient (Wildman–Crippen LogP) is 2.19. The third kappa shape index (κ3) is 4.58. The fourth-order valence-electron chi connectivity index (χ4n) is 1.49. The van der Waals surface area contributed by atoms with Crippen molar-refractivity contribution in [2.24, 2.45) is 0 Å². The highest BCUT2D eigenvalue weighted by Gasteiger charge is 2.34. The summed E-state index contributed by atoms with van der Waals surface area (Å²) in [5.74, 6) is 0. The van der Waals surface area contributed by atoms with Crippen LogP contribution in [0.1, 0.15) is 18.2 Å². The average molecular weight is 330 g/mol. The number of halogens is 4. The minimum absolute atomic E-state index is 0.161. The summed E-state index contributed by atoms with van der Waals surface area (Å²) < 4.78 is 38.6. The van der Waals surface area contributed by atoms with Gasteiger partial charge < -0.3 is 10.0 Å². The summed E-state index contributed by atoms with van der Waals surface area (Å²) in [6, 6.07) is 0. The summed E-state index contributed by atoms with van der Waals surface area (Å²) in [5, 5.41) is 13.6. The van der Waals surface area contributed by atoms with Gasteiger partial charge in [0.1, 0.15) is 6.10 Å². The molecule has 8 heteroatoms. The number of hydrogen-bond acceptors (Lipinski definition) is 3. The molecule has 0 saturated carbocycles. The lowest BCUT2D eigenvalue weighted by atomic mass is 10.2. The highest BCUT2D eigenvalue weighted by atomic mass is 79.9. The zero-order chi connectivity index (χ0) is 13.9. The van der Waals surface area contributed by atoms with Gasteiger partial charge in [-0.3, -0.25) is 4.68 Å². The van der Waals surface area contributed by atoms with E-state index in [1.165, 1.54) is 10.9 Å². The quantitative estimate of drug-likeness (QED) is 0.900. The third-order valence-corrected chi connectivity index (χ3v) is 2.94. The van der Waals surface area contributed by atoms with E-state index in [0.29, 0.717) is 17.6 Å². The van der Waals surface area contributed by atoms with Crippen molar-refractivity contribution in [3.8, 4) is 0 Å². The van der Waals surface area contributed by atoms with Gasteiger partial charge in [0.25, 0.3) is 0 Å². The Morgan fingerprint density at radius 1 is 1.50 bits per heavy atom. The highest BCUT2D eigenvalue weighted by Crippen LogP contribution is 2.32. The Balaban J connectivity index is 2.83. The van der Waals surface area contributed by atoms with E-state index in [1.807, 2.05) is 19.0 Å². The molecule has 0 spiro atoms. The van der Waals surface area contributed by atoms with Gasteiger partial charge in [0, 0.05) is 6.54 Å². The molecule has 104 valence electrons. The Labute approximate surface area is 112 Å². The van der Waals surface area contributed by atoms with Crippen molar-refractivity contribution in [1.29, 1.82) is 0 Å². The van der Waals surface area contributed by atoms with Crippen molar-refractivity contribution in [1.82, 2.24) is 14.7 Å². The van der Waals surface area contributed by atoms with Crippen molar-refractivity contribution in [2.75, 3.05) is 20.6 Å². The highest BCUT2D eigenvalue weighted by molar-refractivity contribution is 9.10. The number of aromatic nitrogens is 2. The number of alkyl halides is 3. The first-order valence-electron chi connectivity index (χ1n) is 5.31. The lowest BCUT2D eigenvalue weighted by molar-refractivity contribution is -0.155. The molecular formula is C10H15BrF3N3O. The topological polar surface area (TPSA) is 41.3 Å². The summed E-state index contributed by atoms with van der Waals surface area (Å²) in [6.07, 6.45) is -5.90. The smallest absolute Gasteiger partial charge is 0.386 e. The summed E-state index contributed by atoms with van der Waals surface area (Å²) >= 11 is 3.11. The van der Waals surface area contributed by atoms with Crippen LogP contribution in [0.2, 0.25) is 0 Å². The van der Waals surface area contributed by atoms with Crippen LogP contribution in [0.25, 0.3) is 0 Å². The number of rotatable bonds is 5. The zero-order valence-electron chi connectivity index (χ0n) is 10.1. The number of hydrogen-bond donors (Lipinski definition) is 1. The van der Waals surface area contributed by atoms with Crippen LogP contribution in [0.3, 0.4) is 0 Å². The molecule has 0 amide bonds. The largest absolute Gasteiger partial charge is 0.391 e. The molecule has 1 aromatic rings. The molecule has 0 saturated heterocycles. The monoisotopic (exact) mass is 329 g/mol. The SMILES string of the molecule is CN(C)CCn1ncc(Br)c1C(O)CC(F)(F)F. The molecule has 0 aromatic carbocycles. The van der Waals surface area contributed by atoms with E-state index in [9.17, 15) is 18.3 Å². The lowest BCUT2D eigenvalue weighted by Gasteiger charge is -2.17. The molecule has 0 radical (unpaired) electrons. The van der Waals surface area contributed by atoms with Crippen molar-refractivity contribution in [3.05, 3.63) is 16.4 Å². The second-order valence-electron chi connectivity index (χ2n) is 4.24. The van der Waals surface area contributed by atoms with Crippen LogP contribution in [0, 0.1) is 0 Å². The van der Waals surface area contributed by atoms with E-state index in [-0.39, 0.29) is 5.69 Å². The maximum absolute atomic E-state index is 12.3. The molecule has 1 N–H and O–H groups in total. The van der Waals surface area contributed by atoms with Gasteiger partial charge in [0.15, 0.2) is 0 Å². The van der Waals surface area contributed by atoms with Gasteiger partial charge in [-0.1, -0.05) is 0 Å². The fraction of sp³-hybridized carbons (Fsp3) is 0.700. The molecule has 1 rings (SSSR count). The van der Waals surface area contributed by atoms with Gasteiger partial charge in [-0.2, -0.15) is 18.3 Å². The van der Waals surface area contributed by atoms with Gasteiger partial charge in [-0.25, -0.2) is 0 Å². The molecular weight excluding hydrogens is 315 g/mol. The Kier molecular flexibility index (Phi) is 5.18. The normalized spacial score (nSPS) is 14.2. The first kappa shape index (κ1) is 15.5. The molecule has 1 heterocycles. The number of aliphatic hydroxyl groups excluding tert-OH is 1. The summed E-state index contributed by atoms with van der Waals surface area (Å²) in [4.78, 5) is 1.88. The van der Waals surface area contributed by atoms with Crippen LogP contribution in [0.5, 0.6) is 0 Å². The van der Waals surface area contributed by atoms with Crippen molar-refractivity contribution in [2.45, 2.75) is 25.2 Å². The molecule has 1 atom stereocenters. The second-order valence-corrected chi connectivity index (χ2v) is 5.09. The molecule has 0 aliphatic carbocycles. The van der Waals surface area contributed by atoms with Gasteiger partial charge in [0.2, 0.25) is 0 Å². The molecule has 1 unspecified atom stereocenters. The van der Waals surface area contributed by atoms with E-state index < -0.39 is 18.7 Å². The predicted molar refractivity (Wildman–Crippen MR) is 64.1 cm³/mol. The molecule has 0 fully saturated rings. The third-order valence-electron chi connectivity index (χ3n) is 2.33. The molecule has 1 aromatic heterocycles. The number of likely N-dealkylation sites (N-methyl/N-ethyl adjacent to an activating group) is 1. The van der Waals surface area contributed by atoms with Crippen molar-refractivity contribution in [3.63, 3.8) is 0 Å². The van der Waals surface area contributed by atoms with Gasteiger partial charge in [-0.15, -0.1) is 0 Å². The van der Waals surface area contributed by atoms with Crippen molar-refractivity contribution >= 4 is 15.9 Å². The fourth-order valence-corrected chi connectivity index (χ4v) is 2.05. The van der Waals surface area contributed by atoms with Crippen LogP contribution in [-0.4, -0.2) is 46.6 Å². The molecule has 0 aliphatic rings. The van der Waals surface area contributed by atoms with Gasteiger partial charge in [-0.05, 0) is 30.0 Å². The van der Waals surface area contributed by atoms with Crippen LogP contribution < -0.4 is 0 Å². The van der Waals surface area contributed by atoms with Crippen LogP contribution in [0.15, 0.2) is 10.7 Å². The summed E-state index contributed by atoms with van der Waals surface area (Å²) in [7, 11) is 3.70. The Morgan fingerprint density at radius 3 is 2.61 bits per heavy atom. The van der Waals surface area contributed by atoms with E-state index in [0.717, 1.165) is 0 Å². The van der Waals surface area contributed by atoms with Crippen molar-refractivity contribution < 1.29 is 18.3 Å². The Morgan fingerprint density at radius 2 is 2.11 bits per heavy atom. The summed E-state index contributed by atoms with van der Waals surface area (Å²) in [5.41, 5.74) is 0.161. The number of aliphatic hydroxyl groups is 1. The van der Waals surface area contributed by atoms with Crippen LogP contribution >= 0.6 is 15.9 Å². The zero-order valence-corrected chi connectivity index (χ0v) is 11.7. The number of nitrogens with zero attached hydrogens (tertiary/aromatic N) is 3. The van der Waals surface area contributed by atoms with E-state index >= 15 is 0 Å². The molecule has 0 aliphatic heterocycles. The second kappa shape index (κ2) is 6.03. The summed E-state index contributed by atoms with van der Waals surface area (Å²) in [6.45, 7) is 1.04. The first-order valence-corrected chi connectivity index (χ1v) is 6.10. The molecule has 0 bridgehead atoms.